The summed E-state index contributed by atoms with van der Waals surface area (Å²) in [5.74, 6) is 2.29. The van der Waals surface area contributed by atoms with Gasteiger partial charge in [-0.25, -0.2) is 0 Å². The van der Waals surface area contributed by atoms with E-state index in [1.54, 1.807) is 6.08 Å². The number of nitrogens with one attached hydrogen (secondary N) is 1. The van der Waals surface area contributed by atoms with E-state index in [1.807, 2.05) is 6.08 Å². The molecule has 3 saturated carbocycles. The Hall–Kier alpha value is -1.22. The van der Waals surface area contributed by atoms with Gasteiger partial charge in [-0.1, -0.05) is 26.8 Å². The maximum atomic E-state index is 12.5. The first-order chi connectivity index (χ1) is 11.4. The third kappa shape index (κ3) is 2.06. The predicted octanol–water partition coefficient (Wildman–Crippen LogP) is 3.45. The first-order valence-electron chi connectivity index (χ1n) is 9.62. The molecule has 0 heterocycles. The lowest BCUT2D eigenvalue weighted by Gasteiger charge is -2.57. The van der Waals surface area contributed by atoms with E-state index in [2.05, 4.69) is 32.2 Å². The zero-order valence-corrected chi connectivity index (χ0v) is 15.1. The first-order valence-corrected chi connectivity index (χ1v) is 9.62. The van der Waals surface area contributed by atoms with Crippen LogP contribution in [-0.4, -0.2) is 24.2 Å². The molecule has 0 bridgehead atoms. The fourth-order valence-corrected chi connectivity index (χ4v) is 6.49. The number of allylic oxidation sites excluding steroid dienone is 3. The number of carbonyl (C=O) groups is 2. The number of carbonyl (C=O) groups excluding carboxylic acids is 2. The van der Waals surface area contributed by atoms with Crippen LogP contribution in [0.25, 0.3) is 0 Å². The van der Waals surface area contributed by atoms with Crippen LogP contribution in [0.3, 0.4) is 0 Å². The summed E-state index contributed by atoms with van der Waals surface area (Å²) in [5, 5.41) is 3.63. The summed E-state index contributed by atoms with van der Waals surface area (Å²) in [7, 11) is 0. The molecule has 0 spiro atoms. The Kier molecular flexibility index (Phi) is 3.65. The van der Waals surface area contributed by atoms with Gasteiger partial charge in [-0.15, -0.1) is 0 Å². The second-order valence-corrected chi connectivity index (χ2v) is 8.76. The van der Waals surface area contributed by atoms with Gasteiger partial charge in [-0.3, -0.25) is 9.59 Å². The number of hydrogen-bond donors (Lipinski definition) is 1. The van der Waals surface area contributed by atoms with Crippen molar-refractivity contribution < 1.29 is 9.59 Å². The topological polar surface area (TPSA) is 46.2 Å². The zero-order valence-electron chi connectivity index (χ0n) is 15.1. The molecule has 1 unspecified atom stereocenters. The molecule has 0 aromatic carbocycles. The van der Waals surface area contributed by atoms with Gasteiger partial charge in [0.15, 0.2) is 5.78 Å². The number of hydrogen-bond acceptors (Lipinski definition) is 3. The molecule has 1 N–H and O–H groups in total. The van der Waals surface area contributed by atoms with Gasteiger partial charge < -0.3 is 5.32 Å². The molecule has 3 fully saturated rings. The van der Waals surface area contributed by atoms with Crippen LogP contribution in [0, 0.1) is 28.6 Å². The van der Waals surface area contributed by atoms with Crippen molar-refractivity contribution in [2.24, 2.45) is 28.6 Å². The monoisotopic (exact) mass is 327 g/mol. The van der Waals surface area contributed by atoms with Crippen molar-refractivity contribution >= 4 is 11.6 Å². The van der Waals surface area contributed by atoms with Gasteiger partial charge in [0.25, 0.3) is 0 Å². The Balaban J connectivity index is 1.75. The predicted molar refractivity (Wildman–Crippen MR) is 94.5 cm³/mol. The fourth-order valence-electron chi connectivity index (χ4n) is 6.49. The van der Waals surface area contributed by atoms with Gasteiger partial charge in [-0.05, 0) is 67.7 Å². The van der Waals surface area contributed by atoms with E-state index < -0.39 is 0 Å². The van der Waals surface area contributed by atoms with E-state index >= 15 is 0 Å². The SMILES string of the molecule is CCNC1C[C@@H]2[C@H](CC[C@]3(C)C(=O)CC[C@@H]23)[C@@]2(C)C=CC(=O)C=C12. The van der Waals surface area contributed by atoms with Crippen molar-refractivity contribution in [1.82, 2.24) is 5.32 Å². The van der Waals surface area contributed by atoms with Gasteiger partial charge in [0.2, 0.25) is 0 Å². The van der Waals surface area contributed by atoms with Crippen molar-refractivity contribution in [3.05, 3.63) is 23.8 Å². The van der Waals surface area contributed by atoms with E-state index in [4.69, 9.17) is 0 Å². The largest absolute Gasteiger partial charge is 0.310 e. The van der Waals surface area contributed by atoms with Crippen molar-refractivity contribution in [3.8, 4) is 0 Å². The molecule has 0 radical (unpaired) electrons. The summed E-state index contributed by atoms with van der Waals surface area (Å²) in [5.41, 5.74) is 1.16. The zero-order chi connectivity index (χ0) is 17.1. The molecule has 130 valence electrons. The minimum atomic E-state index is -0.0935. The molecule has 4 aliphatic rings. The Morgan fingerprint density at radius 2 is 2.00 bits per heavy atom. The van der Waals surface area contributed by atoms with Gasteiger partial charge in [0.05, 0.1) is 0 Å². The normalized spacial score (nSPS) is 47.0. The van der Waals surface area contributed by atoms with Gasteiger partial charge in [-0.2, -0.15) is 0 Å². The van der Waals surface area contributed by atoms with Gasteiger partial charge in [0, 0.05) is 23.3 Å². The first kappa shape index (κ1) is 16.3. The Bertz CT molecular complexity index is 648. The maximum absolute atomic E-state index is 12.5. The smallest absolute Gasteiger partial charge is 0.178 e. The summed E-state index contributed by atoms with van der Waals surface area (Å²) in [6, 6.07) is 0.271. The standard InChI is InChI=1S/C21H29NO2/c1-4-22-18-12-14-15-5-6-19(24)21(15,3)10-8-16(14)20(2)9-7-13(23)11-17(18)20/h7,9,11,14-16,18,22H,4-6,8,10,12H2,1-3H3/t14-,15-,16-,18?,20+,21-/m0/s1. The van der Waals surface area contributed by atoms with Gasteiger partial charge in [0.1, 0.15) is 5.78 Å². The summed E-state index contributed by atoms with van der Waals surface area (Å²) in [6.45, 7) is 7.59. The van der Waals surface area contributed by atoms with Crippen LogP contribution in [0.4, 0.5) is 0 Å². The van der Waals surface area contributed by atoms with Crippen LogP contribution in [0.1, 0.15) is 52.9 Å². The number of Topliss-reactive ketones (excluding diaryl/α,β-unsaturated/α-hetero) is 1. The van der Waals surface area contributed by atoms with E-state index in [9.17, 15) is 9.59 Å². The minimum absolute atomic E-state index is 0.0311. The van der Waals surface area contributed by atoms with Crippen molar-refractivity contribution in [1.29, 1.82) is 0 Å². The second kappa shape index (κ2) is 5.39. The fraction of sp³-hybridized carbons (Fsp3) is 0.714. The molecule has 0 aromatic rings. The van der Waals surface area contributed by atoms with Crippen LogP contribution in [0.2, 0.25) is 0 Å². The van der Waals surface area contributed by atoms with E-state index in [0.29, 0.717) is 23.5 Å². The lowest BCUT2D eigenvalue weighted by molar-refractivity contribution is -0.131. The highest BCUT2D eigenvalue weighted by molar-refractivity contribution is 6.01. The molecule has 6 atom stereocenters. The Labute approximate surface area is 145 Å². The number of ketones is 2. The molecular formula is C21H29NO2. The molecule has 0 amide bonds. The van der Waals surface area contributed by atoms with Crippen LogP contribution in [0.5, 0.6) is 0 Å². The van der Waals surface area contributed by atoms with Crippen molar-refractivity contribution in [2.45, 2.75) is 58.9 Å². The van der Waals surface area contributed by atoms with E-state index in [0.717, 1.165) is 38.6 Å². The third-order valence-corrected chi connectivity index (χ3v) is 7.76. The van der Waals surface area contributed by atoms with Crippen LogP contribution in [-0.2, 0) is 9.59 Å². The molecule has 0 aromatic heterocycles. The number of fused-ring (bicyclic) bond motifs is 5. The van der Waals surface area contributed by atoms with Crippen LogP contribution in [0.15, 0.2) is 23.8 Å². The number of likely N-dealkylation sites (N-methyl/N-ethyl adjacent to an activating group) is 1. The van der Waals surface area contributed by atoms with E-state index in [1.165, 1.54) is 5.57 Å². The molecule has 4 aliphatic carbocycles. The lowest BCUT2D eigenvalue weighted by Crippen LogP contribution is -2.55. The molecule has 0 saturated heterocycles. The minimum Gasteiger partial charge on any atom is -0.310 e. The van der Waals surface area contributed by atoms with Crippen LogP contribution >= 0.6 is 0 Å². The molecular weight excluding hydrogens is 298 g/mol. The summed E-state index contributed by atoms with van der Waals surface area (Å²) < 4.78 is 0. The van der Waals surface area contributed by atoms with Crippen molar-refractivity contribution in [3.63, 3.8) is 0 Å². The summed E-state index contributed by atoms with van der Waals surface area (Å²) in [4.78, 5) is 24.5. The molecule has 3 heteroatoms. The van der Waals surface area contributed by atoms with Crippen molar-refractivity contribution in [2.75, 3.05) is 6.54 Å². The molecule has 24 heavy (non-hydrogen) atoms. The average molecular weight is 327 g/mol. The molecule has 0 aliphatic heterocycles. The summed E-state index contributed by atoms with van der Waals surface area (Å²) >= 11 is 0. The van der Waals surface area contributed by atoms with Crippen LogP contribution < -0.4 is 5.32 Å². The highest BCUT2D eigenvalue weighted by Crippen LogP contribution is 2.63. The Morgan fingerprint density at radius 3 is 2.75 bits per heavy atom. The molecule has 3 nitrogen and oxygen atoms in total. The highest BCUT2D eigenvalue weighted by Gasteiger charge is 2.59. The third-order valence-electron chi connectivity index (χ3n) is 7.76. The quantitative estimate of drug-likeness (QED) is 0.845. The lowest BCUT2D eigenvalue weighted by atomic mass is 9.47. The maximum Gasteiger partial charge on any atom is 0.178 e. The average Bonchev–Trinajstić information content (AvgIpc) is 2.85. The van der Waals surface area contributed by atoms with Gasteiger partial charge >= 0.3 is 0 Å². The highest BCUT2D eigenvalue weighted by atomic mass is 16.1. The number of rotatable bonds is 2. The second-order valence-electron chi connectivity index (χ2n) is 8.76. The Morgan fingerprint density at radius 1 is 1.21 bits per heavy atom. The van der Waals surface area contributed by atoms with E-state index in [-0.39, 0.29) is 22.7 Å². The summed E-state index contributed by atoms with van der Waals surface area (Å²) in [6.07, 6.45) is 10.9. The molecule has 4 rings (SSSR count).